The van der Waals surface area contributed by atoms with Gasteiger partial charge >= 0.3 is 0 Å². The Balaban J connectivity index is 2.25. The lowest BCUT2D eigenvalue weighted by Gasteiger charge is -2.09. The minimum Gasteiger partial charge on any atom is -0.399 e. The Morgan fingerprint density at radius 3 is 2.72 bits per heavy atom. The van der Waals surface area contributed by atoms with Gasteiger partial charge in [-0.3, -0.25) is 9.78 Å². The number of pyridine rings is 1. The Bertz CT molecular complexity index is 595. The van der Waals surface area contributed by atoms with Crippen LogP contribution in [0.25, 0.3) is 0 Å². The molecule has 2 rings (SSSR count). The van der Waals surface area contributed by atoms with Gasteiger partial charge in [0.05, 0.1) is 17.4 Å². The van der Waals surface area contributed by atoms with Crippen molar-refractivity contribution in [3.8, 4) is 0 Å². The molecular formula is C13H14N4O. The van der Waals surface area contributed by atoms with Crippen molar-refractivity contribution in [3.63, 3.8) is 0 Å². The van der Waals surface area contributed by atoms with Crippen LogP contribution in [0.2, 0.25) is 0 Å². The van der Waals surface area contributed by atoms with E-state index in [0.717, 1.165) is 5.56 Å². The van der Waals surface area contributed by atoms with Gasteiger partial charge in [0.2, 0.25) is 0 Å². The van der Waals surface area contributed by atoms with Crippen molar-refractivity contribution in [1.29, 1.82) is 0 Å². The van der Waals surface area contributed by atoms with Crippen LogP contribution in [-0.2, 0) is 0 Å². The number of aromatic nitrogens is 1. The molecule has 0 bridgehead atoms. The van der Waals surface area contributed by atoms with E-state index in [2.05, 4.69) is 10.3 Å². The summed E-state index contributed by atoms with van der Waals surface area (Å²) in [7, 11) is 0. The molecule has 5 nitrogen and oxygen atoms in total. The molecule has 0 saturated heterocycles. The Hall–Kier alpha value is -2.56. The summed E-state index contributed by atoms with van der Waals surface area (Å²) in [5, 5.41) is 2.76. The molecule has 1 aromatic heterocycles. The predicted molar refractivity (Wildman–Crippen MR) is 72.2 cm³/mol. The number of hydrogen-bond donors (Lipinski definition) is 3. The smallest absolute Gasteiger partial charge is 0.257 e. The second-order valence-corrected chi connectivity index (χ2v) is 3.99. The van der Waals surface area contributed by atoms with E-state index in [4.69, 9.17) is 11.5 Å². The maximum atomic E-state index is 12.0. The molecule has 92 valence electrons. The minimum atomic E-state index is -0.274. The van der Waals surface area contributed by atoms with Crippen LogP contribution in [-0.4, -0.2) is 10.9 Å². The molecule has 0 fully saturated rings. The first-order valence-corrected chi connectivity index (χ1v) is 5.45. The van der Waals surface area contributed by atoms with Crippen molar-refractivity contribution >= 4 is 23.0 Å². The number of carbonyl (C=O) groups is 1. The largest absolute Gasteiger partial charge is 0.399 e. The van der Waals surface area contributed by atoms with Crippen molar-refractivity contribution in [1.82, 2.24) is 4.98 Å². The van der Waals surface area contributed by atoms with Gasteiger partial charge in [0.25, 0.3) is 5.91 Å². The lowest BCUT2D eigenvalue weighted by atomic mass is 10.1. The maximum absolute atomic E-state index is 12.0. The molecule has 1 heterocycles. The number of nitrogens with zero attached hydrogens (tertiary/aromatic N) is 1. The highest BCUT2D eigenvalue weighted by atomic mass is 16.1. The van der Waals surface area contributed by atoms with Crippen LogP contribution in [0.4, 0.5) is 17.1 Å². The molecular weight excluding hydrogens is 228 g/mol. The zero-order valence-electron chi connectivity index (χ0n) is 9.97. The third-order valence-corrected chi connectivity index (χ3v) is 2.61. The third-order valence-electron chi connectivity index (χ3n) is 2.61. The fourth-order valence-electron chi connectivity index (χ4n) is 1.57. The summed E-state index contributed by atoms with van der Waals surface area (Å²) in [4.78, 5) is 16.0. The standard InChI is InChI=1S/C13H14N4O/c1-8-4-5-16-7-12(8)17-13(18)10-3-2-9(14)6-11(10)15/h2-7H,14-15H2,1H3,(H,17,18). The van der Waals surface area contributed by atoms with Crippen molar-refractivity contribution in [2.24, 2.45) is 0 Å². The van der Waals surface area contributed by atoms with Gasteiger partial charge in [-0.1, -0.05) is 0 Å². The van der Waals surface area contributed by atoms with Crippen LogP contribution in [0.15, 0.2) is 36.7 Å². The van der Waals surface area contributed by atoms with E-state index in [-0.39, 0.29) is 5.91 Å². The lowest BCUT2D eigenvalue weighted by Crippen LogP contribution is -2.15. The monoisotopic (exact) mass is 242 g/mol. The fourth-order valence-corrected chi connectivity index (χ4v) is 1.57. The molecule has 0 aliphatic rings. The van der Waals surface area contributed by atoms with Gasteiger partial charge in [-0.2, -0.15) is 0 Å². The molecule has 0 atom stereocenters. The summed E-state index contributed by atoms with van der Waals surface area (Å²) in [6.45, 7) is 1.89. The number of anilines is 3. The second-order valence-electron chi connectivity index (χ2n) is 3.99. The van der Waals surface area contributed by atoms with Crippen LogP contribution >= 0.6 is 0 Å². The topological polar surface area (TPSA) is 94.0 Å². The summed E-state index contributed by atoms with van der Waals surface area (Å²) < 4.78 is 0. The molecule has 1 aromatic carbocycles. The van der Waals surface area contributed by atoms with E-state index < -0.39 is 0 Å². The number of nitrogens with two attached hydrogens (primary N) is 2. The van der Waals surface area contributed by atoms with Gasteiger partial charge in [0, 0.05) is 17.6 Å². The highest BCUT2D eigenvalue weighted by molar-refractivity contribution is 6.08. The summed E-state index contributed by atoms with van der Waals surface area (Å²) in [6.07, 6.45) is 3.27. The number of amides is 1. The Morgan fingerprint density at radius 2 is 2.06 bits per heavy atom. The third kappa shape index (κ3) is 2.40. The van der Waals surface area contributed by atoms with Gasteiger partial charge < -0.3 is 16.8 Å². The number of rotatable bonds is 2. The minimum absolute atomic E-state index is 0.274. The van der Waals surface area contributed by atoms with Gasteiger partial charge in [0.1, 0.15) is 0 Å². The molecule has 0 aliphatic heterocycles. The molecule has 0 unspecified atom stereocenters. The van der Waals surface area contributed by atoms with Crippen molar-refractivity contribution in [3.05, 3.63) is 47.8 Å². The van der Waals surface area contributed by atoms with Crippen LogP contribution in [0, 0.1) is 6.92 Å². The van der Waals surface area contributed by atoms with Gasteiger partial charge in [-0.25, -0.2) is 0 Å². The number of benzene rings is 1. The van der Waals surface area contributed by atoms with Crippen molar-refractivity contribution < 1.29 is 4.79 Å². The van der Waals surface area contributed by atoms with Crippen LogP contribution < -0.4 is 16.8 Å². The van der Waals surface area contributed by atoms with E-state index in [9.17, 15) is 4.79 Å². The average Bonchev–Trinajstić information content (AvgIpc) is 2.32. The van der Waals surface area contributed by atoms with E-state index >= 15 is 0 Å². The van der Waals surface area contributed by atoms with Crippen LogP contribution in [0.1, 0.15) is 15.9 Å². The highest BCUT2D eigenvalue weighted by Gasteiger charge is 2.11. The first-order valence-electron chi connectivity index (χ1n) is 5.45. The molecule has 0 spiro atoms. The Kier molecular flexibility index (Phi) is 3.14. The van der Waals surface area contributed by atoms with Crippen LogP contribution in [0.3, 0.4) is 0 Å². The number of nitrogens with one attached hydrogen (secondary N) is 1. The van der Waals surface area contributed by atoms with Crippen LogP contribution in [0.5, 0.6) is 0 Å². The number of carbonyl (C=O) groups excluding carboxylic acids is 1. The normalized spacial score (nSPS) is 10.1. The van der Waals surface area contributed by atoms with E-state index in [1.807, 2.05) is 13.0 Å². The summed E-state index contributed by atoms with van der Waals surface area (Å²) in [5.74, 6) is -0.274. The Labute approximate surface area is 105 Å². The molecule has 5 N–H and O–H groups in total. The first-order chi connectivity index (χ1) is 8.58. The summed E-state index contributed by atoms with van der Waals surface area (Å²) >= 11 is 0. The first kappa shape index (κ1) is 11.9. The average molecular weight is 242 g/mol. The second kappa shape index (κ2) is 4.75. The number of aryl methyl sites for hydroxylation is 1. The summed E-state index contributed by atoms with van der Waals surface area (Å²) in [6, 6.07) is 6.63. The molecule has 0 saturated carbocycles. The molecule has 18 heavy (non-hydrogen) atoms. The van der Waals surface area contributed by atoms with Gasteiger partial charge in [-0.05, 0) is 36.8 Å². The highest BCUT2D eigenvalue weighted by Crippen LogP contribution is 2.18. The zero-order valence-corrected chi connectivity index (χ0v) is 9.97. The van der Waals surface area contributed by atoms with E-state index in [1.54, 1.807) is 30.6 Å². The quantitative estimate of drug-likeness (QED) is 0.700. The maximum Gasteiger partial charge on any atom is 0.257 e. The molecule has 2 aromatic rings. The van der Waals surface area contributed by atoms with E-state index in [0.29, 0.717) is 22.6 Å². The fraction of sp³-hybridized carbons (Fsp3) is 0.0769. The van der Waals surface area contributed by atoms with Crippen molar-refractivity contribution in [2.75, 3.05) is 16.8 Å². The van der Waals surface area contributed by atoms with Gasteiger partial charge in [-0.15, -0.1) is 0 Å². The number of nitrogen functional groups attached to an aromatic ring is 2. The van der Waals surface area contributed by atoms with E-state index in [1.165, 1.54) is 0 Å². The lowest BCUT2D eigenvalue weighted by molar-refractivity contribution is 0.102. The predicted octanol–water partition coefficient (Wildman–Crippen LogP) is 1.81. The zero-order chi connectivity index (χ0) is 13.1. The molecule has 0 aliphatic carbocycles. The molecule has 1 amide bonds. The molecule has 0 radical (unpaired) electrons. The molecule has 5 heteroatoms. The number of hydrogen-bond acceptors (Lipinski definition) is 4. The Morgan fingerprint density at radius 1 is 1.28 bits per heavy atom. The van der Waals surface area contributed by atoms with Crippen molar-refractivity contribution in [2.45, 2.75) is 6.92 Å². The summed E-state index contributed by atoms with van der Waals surface area (Å²) in [5.41, 5.74) is 14.2. The SMILES string of the molecule is Cc1ccncc1NC(=O)c1ccc(N)cc1N. The van der Waals surface area contributed by atoms with Gasteiger partial charge in [0.15, 0.2) is 0 Å².